The van der Waals surface area contributed by atoms with E-state index in [4.69, 9.17) is 9.72 Å². The largest absolute Gasteiger partial charge is 0.378 e. The zero-order chi connectivity index (χ0) is 14.9. The Hall–Kier alpha value is -2.47. The lowest BCUT2D eigenvalue weighted by Gasteiger charge is -2.27. The molecule has 0 saturated carbocycles. The zero-order valence-corrected chi connectivity index (χ0v) is 12.4. The van der Waals surface area contributed by atoms with Gasteiger partial charge in [0, 0.05) is 13.1 Å². The van der Waals surface area contributed by atoms with Crippen molar-refractivity contribution in [1.29, 1.82) is 0 Å². The summed E-state index contributed by atoms with van der Waals surface area (Å²) in [7, 11) is 0. The molecule has 0 unspecified atom stereocenters. The second-order valence-corrected chi connectivity index (χ2v) is 5.42. The van der Waals surface area contributed by atoms with Crippen molar-refractivity contribution < 1.29 is 4.74 Å². The maximum Gasteiger partial charge on any atom is 0.158 e. The number of rotatable bonds is 2. The second-order valence-electron chi connectivity index (χ2n) is 5.42. The van der Waals surface area contributed by atoms with E-state index in [9.17, 15) is 0 Å². The molecule has 3 heterocycles. The zero-order valence-electron chi connectivity index (χ0n) is 12.4. The van der Waals surface area contributed by atoms with Crippen LogP contribution in [0.4, 0.5) is 5.82 Å². The number of H-pyrrole nitrogens is 1. The number of imidazole rings is 1. The number of nitrogens with zero attached hydrogens (tertiary/aromatic N) is 4. The monoisotopic (exact) mass is 295 g/mol. The van der Waals surface area contributed by atoms with Gasteiger partial charge < -0.3 is 14.6 Å². The summed E-state index contributed by atoms with van der Waals surface area (Å²) in [5.41, 5.74) is 3.92. The Kier molecular flexibility index (Phi) is 3.23. The number of ether oxygens (including phenoxy) is 1. The number of anilines is 1. The molecule has 22 heavy (non-hydrogen) atoms. The maximum atomic E-state index is 5.38. The number of aromatic amines is 1. The number of aromatic nitrogens is 4. The molecule has 0 amide bonds. The molecule has 0 aliphatic carbocycles. The highest BCUT2D eigenvalue weighted by molar-refractivity contribution is 5.81. The van der Waals surface area contributed by atoms with Gasteiger partial charge in [0.2, 0.25) is 0 Å². The van der Waals surface area contributed by atoms with E-state index in [2.05, 4.69) is 32.8 Å². The number of fused-ring (bicyclic) bond motifs is 1. The molecule has 1 aromatic carbocycles. The van der Waals surface area contributed by atoms with Gasteiger partial charge >= 0.3 is 0 Å². The molecule has 1 aliphatic rings. The lowest BCUT2D eigenvalue weighted by Crippen LogP contribution is -2.36. The average Bonchev–Trinajstić information content (AvgIpc) is 3.02. The fourth-order valence-corrected chi connectivity index (χ4v) is 2.71. The van der Waals surface area contributed by atoms with Crippen molar-refractivity contribution >= 4 is 16.9 Å². The first-order valence-corrected chi connectivity index (χ1v) is 7.42. The molecular weight excluding hydrogens is 278 g/mol. The molecular formula is C16H17N5O. The fourth-order valence-electron chi connectivity index (χ4n) is 2.71. The highest BCUT2D eigenvalue weighted by atomic mass is 16.5. The molecule has 1 aliphatic heterocycles. The third-order valence-corrected chi connectivity index (χ3v) is 3.91. The van der Waals surface area contributed by atoms with Crippen LogP contribution >= 0.6 is 0 Å². The van der Waals surface area contributed by atoms with E-state index >= 15 is 0 Å². The van der Waals surface area contributed by atoms with E-state index < -0.39 is 0 Å². The van der Waals surface area contributed by atoms with Crippen molar-refractivity contribution in [1.82, 2.24) is 19.9 Å². The van der Waals surface area contributed by atoms with Gasteiger partial charge in [-0.2, -0.15) is 0 Å². The minimum atomic E-state index is 0.732. The highest BCUT2D eigenvalue weighted by Gasteiger charge is 2.15. The smallest absolute Gasteiger partial charge is 0.158 e. The summed E-state index contributed by atoms with van der Waals surface area (Å²) in [6.45, 7) is 5.21. The van der Waals surface area contributed by atoms with Crippen molar-refractivity contribution in [3.05, 3.63) is 36.2 Å². The molecule has 0 bridgehead atoms. The predicted molar refractivity (Wildman–Crippen MR) is 84.9 cm³/mol. The van der Waals surface area contributed by atoms with Crippen LogP contribution in [0.5, 0.6) is 0 Å². The van der Waals surface area contributed by atoms with Crippen molar-refractivity contribution in [2.45, 2.75) is 6.92 Å². The van der Waals surface area contributed by atoms with E-state index in [-0.39, 0.29) is 0 Å². The Morgan fingerprint density at radius 3 is 2.82 bits per heavy atom. The number of hydrogen-bond donors (Lipinski definition) is 1. The molecule has 3 aromatic rings. The summed E-state index contributed by atoms with van der Waals surface area (Å²) in [5.74, 6) is 1.63. The van der Waals surface area contributed by atoms with Crippen LogP contribution in [0.1, 0.15) is 5.56 Å². The van der Waals surface area contributed by atoms with Crippen LogP contribution in [0, 0.1) is 6.92 Å². The molecule has 4 rings (SSSR count). The first-order valence-electron chi connectivity index (χ1n) is 7.42. The van der Waals surface area contributed by atoms with E-state index in [1.54, 1.807) is 12.4 Å². The molecule has 1 fully saturated rings. The van der Waals surface area contributed by atoms with Crippen LogP contribution < -0.4 is 4.90 Å². The Morgan fingerprint density at radius 1 is 1.14 bits per heavy atom. The summed E-state index contributed by atoms with van der Waals surface area (Å²) in [6.07, 6.45) is 3.54. The number of para-hydroxylation sites is 1. The van der Waals surface area contributed by atoms with E-state index in [0.717, 1.165) is 60.2 Å². The third-order valence-electron chi connectivity index (χ3n) is 3.91. The number of aryl methyl sites for hydroxylation is 1. The van der Waals surface area contributed by atoms with Gasteiger partial charge in [-0.1, -0.05) is 12.1 Å². The van der Waals surface area contributed by atoms with Gasteiger partial charge in [0.1, 0.15) is 11.5 Å². The van der Waals surface area contributed by atoms with Gasteiger partial charge in [0.25, 0.3) is 0 Å². The molecule has 1 N–H and O–H groups in total. The lowest BCUT2D eigenvalue weighted by molar-refractivity contribution is 0.122. The summed E-state index contributed by atoms with van der Waals surface area (Å²) in [5, 5.41) is 0. The van der Waals surface area contributed by atoms with Crippen molar-refractivity contribution in [3.63, 3.8) is 0 Å². The number of morpholine rings is 1. The fraction of sp³-hybridized carbons (Fsp3) is 0.312. The van der Waals surface area contributed by atoms with Gasteiger partial charge in [-0.25, -0.2) is 9.97 Å². The second kappa shape index (κ2) is 5.38. The molecule has 0 spiro atoms. The van der Waals surface area contributed by atoms with Crippen LogP contribution in [0.2, 0.25) is 0 Å². The SMILES string of the molecule is Cc1cccc2[nH]c(-c3cncc(N4CCOCC4)n3)nc12. The molecule has 112 valence electrons. The number of nitrogens with one attached hydrogen (secondary N) is 1. The van der Waals surface area contributed by atoms with Crippen molar-refractivity contribution in [2.24, 2.45) is 0 Å². The minimum Gasteiger partial charge on any atom is -0.378 e. The first kappa shape index (κ1) is 13.2. The van der Waals surface area contributed by atoms with Crippen molar-refractivity contribution in [3.8, 4) is 11.5 Å². The maximum absolute atomic E-state index is 5.38. The molecule has 0 radical (unpaired) electrons. The number of benzene rings is 1. The standard InChI is InChI=1S/C16H17N5O/c1-11-3-2-4-12-15(11)20-16(19-12)13-9-17-10-14(18-13)21-5-7-22-8-6-21/h2-4,9-10H,5-8H2,1H3,(H,19,20). The quantitative estimate of drug-likeness (QED) is 0.785. The van der Waals surface area contributed by atoms with Crippen LogP contribution in [-0.4, -0.2) is 46.2 Å². The van der Waals surface area contributed by atoms with Gasteiger partial charge in [0.15, 0.2) is 5.82 Å². The van der Waals surface area contributed by atoms with E-state index in [0.29, 0.717) is 0 Å². The topological polar surface area (TPSA) is 66.9 Å². The predicted octanol–water partition coefficient (Wildman–Crippen LogP) is 2.16. The summed E-state index contributed by atoms with van der Waals surface area (Å²) < 4.78 is 5.38. The van der Waals surface area contributed by atoms with E-state index in [1.165, 1.54) is 0 Å². The molecule has 2 aromatic heterocycles. The van der Waals surface area contributed by atoms with Gasteiger partial charge in [-0.3, -0.25) is 4.98 Å². The van der Waals surface area contributed by atoms with E-state index in [1.807, 2.05) is 12.1 Å². The summed E-state index contributed by atoms with van der Waals surface area (Å²) in [4.78, 5) is 19.2. The first-order chi connectivity index (χ1) is 10.8. The number of hydrogen-bond acceptors (Lipinski definition) is 5. The Morgan fingerprint density at radius 2 is 2.00 bits per heavy atom. The highest BCUT2D eigenvalue weighted by Crippen LogP contribution is 2.22. The minimum absolute atomic E-state index is 0.732. The normalized spacial score (nSPS) is 15.4. The lowest BCUT2D eigenvalue weighted by atomic mass is 10.2. The molecule has 0 atom stereocenters. The molecule has 6 heteroatoms. The Balaban J connectivity index is 1.73. The van der Waals surface area contributed by atoms with Crippen LogP contribution in [-0.2, 0) is 4.74 Å². The van der Waals surface area contributed by atoms with Crippen LogP contribution in [0.25, 0.3) is 22.6 Å². The van der Waals surface area contributed by atoms with Gasteiger partial charge in [-0.05, 0) is 18.6 Å². The molecule has 6 nitrogen and oxygen atoms in total. The summed E-state index contributed by atoms with van der Waals surface area (Å²) >= 11 is 0. The third kappa shape index (κ3) is 2.31. The van der Waals surface area contributed by atoms with Gasteiger partial charge in [0.05, 0.1) is 36.6 Å². The summed E-state index contributed by atoms with van der Waals surface area (Å²) in [6, 6.07) is 6.11. The average molecular weight is 295 g/mol. The van der Waals surface area contributed by atoms with Gasteiger partial charge in [-0.15, -0.1) is 0 Å². The Bertz CT molecular complexity index is 807. The van der Waals surface area contributed by atoms with Crippen LogP contribution in [0.15, 0.2) is 30.6 Å². The molecule has 1 saturated heterocycles. The Labute approximate surface area is 128 Å². The van der Waals surface area contributed by atoms with Crippen molar-refractivity contribution in [2.75, 3.05) is 31.2 Å². The van der Waals surface area contributed by atoms with Crippen LogP contribution in [0.3, 0.4) is 0 Å².